The van der Waals surface area contributed by atoms with E-state index in [0.717, 1.165) is 27.9 Å². The Morgan fingerprint density at radius 1 is 1.10 bits per heavy atom. The lowest BCUT2D eigenvalue weighted by molar-refractivity contribution is 0.768. The van der Waals surface area contributed by atoms with Gasteiger partial charge < -0.3 is 5.73 Å². The van der Waals surface area contributed by atoms with Crippen LogP contribution >= 0.6 is 0 Å². The molecule has 0 unspecified atom stereocenters. The molecule has 0 saturated heterocycles. The molecule has 0 amide bonds. The SMILES string of the molecule is Cc1cccc(C)c1-c1nc(N)cc(-c2cnn(C)c2)n1. The molecule has 2 aromatic heterocycles. The Morgan fingerprint density at radius 2 is 1.81 bits per heavy atom. The zero-order valence-electron chi connectivity index (χ0n) is 12.3. The zero-order valence-corrected chi connectivity index (χ0v) is 12.3. The van der Waals surface area contributed by atoms with Crippen molar-refractivity contribution in [3.63, 3.8) is 0 Å². The summed E-state index contributed by atoms with van der Waals surface area (Å²) in [6.45, 7) is 4.11. The highest BCUT2D eigenvalue weighted by atomic mass is 15.2. The Hall–Kier alpha value is -2.69. The number of nitrogens with two attached hydrogens (primary N) is 1. The van der Waals surface area contributed by atoms with Crippen LogP contribution in [0.3, 0.4) is 0 Å². The number of anilines is 1. The van der Waals surface area contributed by atoms with Crippen LogP contribution in [-0.4, -0.2) is 19.7 Å². The molecule has 3 rings (SSSR count). The van der Waals surface area contributed by atoms with Crippen molar-refractivity contribution in [2.45, 2.75) is 13.8 Å². The summed E-state index contributed by atoms with van der Waals surface area (Å²) in [6, 6.07) is 7.91. The van der Waals surface area contributed by atoms with Gasteiger partial charge in [0.15, 0.2) is 5.82 Å². The fourth-order valence-corrected chi connectivity index (χ4v) is 2.45. The maximum absolute atomic E-state index is 5.96. The van der Waals surface area contributed by atoms with E-state index in [1.54, 1.807) is 16.9 Å². The molecule has 0 saturated carbocycles. The quantitative estimate of drug-likeness (QED) is 0.783. The molecule has 21 heavy (non-hydrogen) atoms. The molecule has 0 spiro atoms. The first kappa shape index (κ1) is 13.3. The number of benzene rings is 1. The largest absolute Gasteiger partial charge is 0.384 e. The van der Waals surface area contributed by atoms with E-state index in [2.05, 4.69) is 41.0 Å². The van der Waals surface area contributed by atoms with Crippen molar-refractivity contribution < 1.29 is 0 Å². The minimum absolute atomic E-state index is 0.460. The third kappa shape index (κ3) is 2.50. The van der Waals surface area contributed by atoms with Gasteiger partial charge in [-0.15, -0.1) is 0 Å². The third-order valence-electron chi connectivity index (χ3n) is 3.45. The lowest BCUT2D eigenvalue weighted by atomic mass is 10.0. The van der Waals surface area contributed by atoms with Gasteiger partial charge in [0.2, 0.25) is 0 Å². The minimum Gasteiger partial charge on any atom is -0.384 e. The summed E-state index contributed by atoms with van der Waals surface area (Å²) in [5.41, 5.74) is 11.0. The van der Waals surface area contributed by atoms with E-state index in [1.165, 1.54) is 0 Å². The molecule has 5 heteroatoms. The van der Waals surface area contributed by atoms with Gasteiger partial charge in [0.1, 0.15) is 5.82 Å². The number of aryl methyl sites for hydroxylation is 3. The van der Waals surface area contributed by atoms with Crippen molar-refractivity contribution in [1.29, 1.82) is 0 Å². The van der Waals surface area contributed by atoms with Gasteiger partial charge in [-0.3, -0.25) is 4.68 Å². The number of nitrogen functional groups attached to an aromatic ring is 1. The van der Waals surface area contributed by atoms with Crippen molar-refractivity contribution in [3.8, 4) is 22.6 Å². The van der Waals surface area contributed by atoms with Gasteiger partial charge >= 0.3 is 0 Å². The lowest BCUT2D eigenvalue weighted by Crippen LogP contribution is -2.00. The van der Waals surface area contributed by atoms with Gasteiger partial charge in [-0.2, -0.15) is 5.10 Å². The van der Waals surface area contributed by atoms with Crippen molar-refractivity contribution >= 4 is 5.82 Å². The highest BCUT2D eigenvalue weighted by Crippen LogP contribution is 2.27. The molecule has 0 atom stereocenters. The summed E-state index contributed by atoms with van der Waals surface area (Å²) >= 11 is 0. The van der Waals surface area contributed by atoms with Crippen LogP contribution < -0.4 is 5.73 Å². The molecule has 2 N–H and O–H groups in total. The molecule has 0 radical (unpaired) electrons. The third-order valence-corrected chi connectivity index (χ3v) is 3.45. The fourth-order valence-electron chi connectivity index (χ4n) is 2.45. The number of rotatable bonds is 2. The van der Waals surface area contributed by atoms with E-state index >= 15 is 0 Å². The Bertz CT molecular complexity index is 784. The standard InChI is InChI=1S/C16H17N5/c1-10-5-4-6-11(2)15(10)16-19-13(7-14(17)20-16)12-8-18-21(3)9-12/h4-9H,1-3H3,(H2,17,19,20). The Balaban J connectivity index is 2.19. The van der Waals surface area contributed by atoms with Gasteiger partial charge in [-0.1, -0.05) is 18.2 Å². The van der Waals surface area contributed by atoms with Crippen molar-refractivity contribution in [1.82, 2.24) is 19.7 Å². The Kier molecular flexibility index (Phi) is 3.17. The fraction of sp³-hybridized carbons (Fsp3) is 0.188. The molecule has 0 aliphatic heterocycles. The van der Waals surface area contributed by atoms with Crippen molar-refractivity contribution in [2.75, 3.05) is 5.73 Å². The maximum Gasteiger partial charge on any atom is 0.162 e. The van der Waals surface area contributed by atoms with E-state index in [4.69, 9.17) is 5.73 Å². The Labute approximate surface area is 123 Å². The molecule has 5 nitrogen and oxygen atoms in total. The maximum atomic E-state index is 5.96. The first-order valence-electron chi connectivity index (χ1n) is 6.75. The van der Waals surface area contributed by atoms with E-state index in [9.17, 15) is 0 Å². The van der Waals surface area contributed by atoms with Crippen LogP contribution in [0.4, 0.5) is 5.82 Å². The van der Waals surface area contributed by atoms with Gasteiger partial charge in [0, 0.05) is 30.4 Å². The van der Waals surface area contributed by atoms with Crippen molar-refractivity contribution in [2.24, 2.45) is 7.05 Å². The van der Waals surface area contributed by atoms with E-state index in [1.807, 2.05) is 19.3 Å². The van der Waals surface area contributed by atoms with Gasteiger partial charge in [0.25, 0.3) is 0 Å². The smallest absolute Gasteiger partial charge is 0.162 e. The van der Waals surface area contributed by atoms with Crippen LogP contribution in [0.25, 0.3) is 22.6 Å². The van der Waals surface area contributed by atoms with Crippen LogP contribution in [0.1, 0.15) is 11.1 Å². The average molecular weight is 279 g/mol. The molecule has 0 fully saturated rings. The summed E-state index contributed by atoms with van der Waals surface area (Å²) < 4.78 is 1.74. The highest BCUT2D eigenvalue weighted by molar-refractivity contribution is 5.69. The molecule has 0 aliphatic carbocycles. The summed E-state index contributed by atoms with van der Waals surface area (Å²) in [5.74, 6) is 1.12. The lowest BCUT2D eigenvalue weighted by Gasteiger charge is -2.10. The normalized spacial score (nSPS) is 10.8. The molecule has 0 bridgehead atoms. The molecule has 0 aliphatic rings. The first-order chi connectivity index (χ1) is 10.0. The van der Waals surface area contributed by atoms with Crippen LogP contribution in [-0.2, 0) is 7.05 Å². The van der Waals surface area contributed by atoms with E-state index in [0.29, 0.717) is 11.6 Å². The summed E-state index contributed by atoms with van der Waals surface area (Å²) in [4.78, 5) is 9.06. The van der Waals surface area contributed by atoms with E-state index in [-0.39, 0.29) is 0 Å². The first-order valence-corrected chi connectivity index (χ1v) is 6.75. The summed E-state index contributed by atoms with van der Waals surface area (Å²) in [6.07, 6.45) is 3.69. The summed E-state index contributed by atoms with van der Waals surface area (Å²) in [5, 5.41) is 4.18. The molecular weight excluding hydrogens is 262 g/mol. The van der Waals surface area contributed by atoms with Gasteiger partial charge in [-0.05, 0) is 25.0 Å². The number of nitrogens with zero attached hydrogens (tertiary/aromatic N) is 4. The van der Waals surface area contributed by atoms with Crippen LogP contribution in [0.2, 0.25) is 0 Å². The zero-order chi connectivity index (χ0) is 15.0. The number of hydrogen-bond acceptors (Lipinski definition) is 4. The molecule has 3 aromatic rings. The topological polar surface area (TPSA) is 69.6 Å². The number of aromatic nitrogens is 4. The Morgan fingerprint density at radius 3 is 2.43 bits per heavy atom. The van der Waals surface area contributed by atoms with Gasteiger partial charge in [0.05, 0.1) is 11.9 Å². The van der Waals surface area contributed by atoms with E-state index < -0.39 is 0 Å². The predicted molar refractivity (Wildman–Crippen MR) is 83.6 cm³/mol. The molecule has 106 valence electrons. The molecule has 2 heterocycles. The van der Waals surface area contributed by atoms with Crippen LogP contribution in [0.15, 0.2) is 36.7 Å². The second-order valence-corrected chi connectivity index (χ2v) is 5.17. The second kappa shape index (κ2) is 5.01. The van der Waals surface area contributed by atoms with Crippen LogP contribution in [0, 0.1) is 13.8 Å². The van der Waals surface area contributed by atoms with Gasteiger partial charge in [-0.25, -0.2) is 9.97 Å². The molecular formula is C16H17N5. The minimum atomic E-state index is 0.460. The second-order valence-electron chi connectivity index (χ2n) is 5.17. The van der Waals surface area contributed by atoms with Crippen molar-refractivity contribution in [3.05, 3.63) is 47.8 Å². The highest BCUT2D eigenvalue weighted by Gasteiger charge is 2.12. The monoisotopic (exact) mass is 279 g/mol. The number of hydrogen-bond donors (Lipinski definition) is 1. The molecule has 1 aromatic carbocycles. The summed E-state index contributed by atoms with van der Waals surface area (Å²) in [7, 11) is 1.88. The predicted octanol–water partition coefficient (Wildman–Crippen LogP) is 2.74. The van der Waals surface area contributed by atoms with Crippen LogP contribution in [0.5, 0.6) is 0 Å². The average Bonchev–Trinajstić information content (AvgIpc) is 2.85.